The predicted octanol–water partition coefficient (Wildman–Crippen LogP) is 7.01. The molecule has 39 heavy (non-hydrogen) atoms. The third-order valence-corrected chi connectivity index (χ3v) is 5.95. The second-order valence-corrected chi connectivity index (χ2v) is 8.70. The molecule has 4 rings (SSSR count). The molecule has 8 nitrogen and oxygen atoms in total. The van der Waals surface area contributed by atoms with Gasteiger partial charge >= 0.3 is 12.0 Å². The summed E-state index contributed by atoms with van der Waals surface area (Å²) in [6.07, 6.45) is -0.756. The number of carbonyl (C=O) groups is 2. The van der Waals surface area contributed by atoms with E-state index < -0.39 is 23.9 Å². The quantitative estimate of drug-likeness (QED) is 0.207. The molecule has 200 valence electrons. The van der Waals surface area contributed by atoms with E-state index in [-0.39, 0.29) is 17.0 Å². The average molecular weight is 551 g/mol. The van der Waals surface area contributed by atoms with Crippen molar-refractivity contribution >= 4 is 35.0 Å². The fourth-order valence-corrected chi connectivity index (χ4v) is 3.94. The van der Waals surface area contributed by atoms with E-state index in [2.05, 4.69) is 10.6 Å². The van der Waals surface area contributed by atoms with E-state index in [9.17, 15) is 19.1 Å². The van der Waals surface area contributed by atoms with Gasteiger partial charge in [-0.1, -0.05) is 35.9 Å². The Morgan fingerprint density at radius 2 is 1.31 bits per heavy atom. The summed E-state index contributed by atoms with van der Waals surface area (Å²) in [5.41, 5.74) is 1.77. The number of hydrogen-bond donors (Lipinski definition) is 3. The number of halogens is 2. The number of carboxylic acid groups (broad SMARTS) is 1. The van der Waals surface area contributed by atoms with Gasteiger partial charge in [-0.3, -0.25) is 0 Å². The number of ether oxygens (including phenoxy) is 3. The summed E-state index contributed by atoms with van der Waals surface area (Å²) >= 11 is 6.03. The number of anilines is 2. The summed E-state index contributed by atoms with van der Waals surface area (Å²) in [6.45, 7) is 0. The predicted molar refractivity (Wildman–Crippen MR) is 146 cm³/mol. The highest BCUT2D eigenvalue weighted by Gasteiger charge is 2.21. The number of urea groups is 1. The molecule has 0 radical (unpaired) electrons. The first-order valence-electron chi connectivity index (χ1n) is 11.6. The second-order valence-electron chi connectivity index (χ2n) is 8.27. The molecule has 10 heteroatoms. The molecule has 0 aliphatic carbocycles. The van der Waals surface area contributed by atoms with Gasteiger partial charge < -0.3 is 30.0 Å². The highest BCUT2D eigenvalue weighted by Crippen LogP contribution is 2.33. The van der Waals surface area contributed by atoms with Gasteiger partial charge in [-0.05, 0) is 65.7 Å². The molecule has 0 heterocycles. The number of aromatic carboxylic acids is 1. The lowest BCUT2D eigenvalue weighted by molar-refractivity contribution is 0.0690. The highest BCUT2D eigenvalue weighted by atomic mass is 35.5. The minimum atomic E-state index is -1.26. The van der Waals surface area contributed by atoms with Crippen LogP contribution >= 0.6 is 11.6 Å². The van der Waals surface area contributed by atoms with Gasteiger partial charge in [-0.2, -0.15) is 0 Å². The Kier molecular flexibility index (Phi) is 8.53. The maximum atomic E-state index is 13.6. The van der Waals surface area contributed by atoms with Crippen molar-refractivity contribution in [2.24, 2.45) is 0 Å². The van der Waals surface area contributed by atoms with Crippen molar-refractivity contribution in [3.05, 3.63) is 112 Å². The van der Waals surface area contributed by atoms with Crippen LogP contribution in [-0.4, -0.2) is 31.3 Å². The van der Waals surface area contributed by atoms with Gasteiger partial charge in [0.1, 0.15) is 23.2 Å². The molecule has 0 fully saturated rings. The molecule has 4 aromatic rings. The number of hydrogen-bond acceptors (Lipinski definition) is 5. The van der Waals surface area contributed by atoms with Crippen LogP contribution in [0.2, 0.25) is 5.02 Å². The first-order chi connectivity index (χ1) is 18.8. The molecular formula is C29H24ClFN2O6. The van der Waals surface area contributed by atoms with Gasteiger partial charge in [-0.15, -0.1) is 0 Å². The molecule has 0 aromatic heterocycles. The molecule has 0 bridgehead atoms. The van der Waals surface area contributed by atoms with E-state index in [1.807, 2.05) is 0 Å². The van der Waals surface area contributed by atoms with Gasteiger partial charge in [0.25, 0.3) is 0 Å². The van der Waals surface area contributed by atoms with Crippen molar-refractivity contribution in [1.82, 2.24) is 0 Å². The number of methoxy groups -OCH3 is 2. The molecule has 1 atom stereocenters. The molecule has 0 aliphatic heterocycles. The summed E-state index contributed by atoms with van der Waals surface area (Å²) < 4.78 is 30.2. The monoisotopic (exact) mass is 550 g/mol. The van der Waals surface area contributed by atoms with Crippen LogP contribution in [0.4, 0.5) is 20.6 Å². The van der Waals surface area contributed by atoms with E-state index in [0.29, 0.717) is 33.3 Å². The van der Waals surface area contributed by atoms with E-state index in [1.54, 1.807) is 54.6 Å². The zero-order valence-electron chi connectivity index (χ0n) is 20.9. The minimum Gasteiger partial charge on any atom is -0.493 e. The number of carboxylic acids is 1. The Bertz CT molecular complexity index is 1430. The lowest BCUT2D eigenvalue weighted by atomic mass is 10.0. The van der Waals surface area contributed by atoms with Crippen molar-refractivity contribution in [3.63, 3.8) is 0 Å². The maximum Gasteiger partial charge on any atom is 0.339 e. The summed E-state index contributed by atoms with van der Waals surface area (Å²) in [4.78, 5) is 24.7. The van der Waals surface area contributed by atoms with E-state index in [0.717, 1.165) is 0 Å². The number of rotatable bonds is 9. The Labute approximate surface area is 228 Å². The number of carbonyl (C=O) groups excluding carboxylic acids is 1. The van der Waals surface area contributed by atoms with Crippen LogP contribution in [0.15, 0.2) is 84.9 Å². The zero-order valence-corrected chi connectivity index (χ0v) is 21.7. The molecule has 4 aromatic carbocycles. The Morgan fingerprint density at radius 3 is 1.87 bits per heavy atom. The topological polar surface area (TPSA) is 106 Å². The summed E-state index contributed by atoms with van der Waals surface area (Å²) in [5, 5.41) is 15.7. The Morgan fingerprint density at radius 1 is 0.769 bits per heavy atom. The zero-order chi connectivity index (χ0) is 27.9. The van der Waals surface area contributed by atoms with Crippen molar-refractivity contribution in [1.29, 1.82) is 0 Å². The van der Waals surface area contributed by atoms with E-state index in [4.69, 9.17) is 25.8 Å². The molecule has 1 unspecified atom stereocenters. The summed E-state index contributed by atoms with van der Waals surface area (Å²) in [5.74, 6) is -0.689. The fourth-order valence-electron chi connectivity index (χ4n) is 3.82. The van der Waals surface area contributed by atoms with E-state index >= 15 is 0 Å². The third-order valence-electron chi connectivity index (χ3n) is 5.70. The van der Waals surface area contributed by atoms with Crippen LogP contribution in [0.3, 0.4) is 0 Å². The fraction of sp³-hybridized carbons (Fsp3) is 0.103. The van der Waals surface area contributed by atoms with Gasteiger partial charge in [0, 0.05) is 22.5 Å². The van der Waals surface area contributed by atoms with Crippen molar-refractivity contribution in [2.45, 2.75) is 6.10 Å². The van der Waals surface area contributed by atoms with Gasteiger partial charge in [0.2, 0.25) is 0 Å². The van der Waals surface area contributed by atoms with Crippen molar-refractivity contribution in [2.75, 3.05) is 24.9 Å². The molecule has 0 spiro atoms. The third kappa shape index (κ3) is 6.77. The van der Waals surface area contributed by atoms with Gasteiger partial charge in [0.05, 0.1) is 14.2 Å². The molecule has 0 saturated heterocycles. The molecule has 2 amide bonds. The minimum absolute atomic E-state index is 0.0534. The number of amides is 2. The smallest absolute Gasteiger partial charge is 0.339 e. The van der Waals surface area contributed by atoms with Crippen LogP contribution < -0.4 is 24.8 Å². The lowest BCUT2D eigenvalue weighted by Crippen LogP contribution is -2.20. The first-order valence-corrected chi connectivity index (χ1v) is 12.0. The lowest BCUT2D eigenvalue weighted by Gasteiger charge is -2.22. The number of nitrogens with one attached hydrogen (secondary N) is 2. The van der Waals surface area contributed by atoms with Crippen LogP contribution in [0.1, 0.15) is 27.6 Å². The maximum absolute atomic E-state index is 13.6. The van der Waals surface area contributed by atoms with Crippen LogP contribution in [0.5, 0.6) is 17.2 Å². The standard InChI is InChI=1S/C29H24ClFN2O6/c1-37-25-14-12-22(16-26(25)38-2)33-29(36)32-21-11-13-24(23(15-21)28(34)35)39-27(17-3-7-19(30)8-4-17)18-5-9-20(31)10-6-18/h3-16,27H,1-2H3,(H,34,35)(H2,32,33,36). The Hall–Kier alpha value is -4.76. The average Bonchev–Trinajstić information content (AvgIpc) is 2.93. The summed E-state index contributed by atoms with van der Waals surface area (Å²) in [7, 11) is 2.98. The molecule has 0 saturated carbocycles. The van der Waals surface area contributed by atoms with Crippen molar-refractivity contribution in [3.8, 4) is 17.2 Å². The van der Waals surface area contributed by atoms with Crippen LogP contribution in [0.25, 0.3) is 0 Å². The SMILES string of the molecule is COc1ccc(NC(=O)Nc2ccc(OC(c3ccc(F)cc3)c3ccc(Cl)cc3)c(C(=O)O)c2)cc1OC. The summed E-state index contributed by atoms with van der Waals surface area (Å²) in [6, 6.07) is 21.1. The molecular weight excluding hydrogens is 527 g/mol. The molecule has 3 N–H and O–H groups in total. The van der Waals surface area contributed by atoms with Crippen LogP contribution in [-0.2, 0) is 0 Å². The van der Waals surface area contributed by atoms with E-state index in [1.165, 1.54) is 44.6 Å². The van der Waals surface area contributed by atoms with Crippen LogP contribution in [0, 0.1) is 5.82 Å². The highest BCUT2D eigenvalue weighted by molar-refractivity contribution is 6.30. The first kappa shape index (κ1) is 27.3. The number of benzene rings is 4. The largest absolute Gasteiger partial charge is 0.493 e. The molecule has 0 aliphatic rings. The normalized spacial score (nSPS) is 11.3. The van der Waals surface area contributed by atoms with Gasteiger partial charge in [0.15, 0.2) is 11.5 Å². The Balaban J connectivity index is 1.57. The second kappa shape index (κ2) is 12.2. The van der Waals surface area contributed by atoms with Crippen molar-refractivity contribution < 1.29 is 33.3 Å². The van der Waals surface area contributed by atoms with Gasteiger partial charge in [-0.25, -0.2) is 14.0 Å².